The molecule has 1 amide bonds. The van der Waals surface area contributed by atoms with Crippen molar-refractivity contribution in [2.75, 3.05) is 57.4 Å². The van der Waals surface area contributed by atoms with E-state index in [1.807, 2.05) is 18.7 Å². The summed E-state index contributed by atoms with van der Waals surface area (Å²) in [6.45, 7) is 11.7. The highest BCUT2D eigenvalue weighted by molar-refractivity contribution is 6.35. The number of hydrogen-bond acceptors (Lipinski definition) is 7. The van der Waals surface area contributed by atoms with Crippen molar-refractivity contribution in [2.45, 2.75) is 32.0 Å². The molecule has 4 heterocycles. The maximum absolute atomic E-state index is 15.1. The van der Waals surface area contributed by atoms with E-state index < -0.39 is 17.3 Å². The molecule has 3 atom stereocenters. The second-order valence-electron chi connectivity index (χ2n) is 11.1. The maximum Gasteiger partial charge on any atom is 0.350 e. The number of aromatic nitrogens is 2. The lowest BCUT2D eigenvalue weighted by Gasteiger charge is -2.45. The molecule has 3 aromatic rings. The number of carbonyl (C=O) groups excluding carboxylic acids is 1. The van der Waals surface area contributed by atoms with Gasteiger partial charge in [-0.1, -0.05) is 18.2 Å². The van der Waals surface area contributed by atoms with Gasteiger partial charge in [-0.25, -0.2) is 13.6 Å². The monoisotopic (exact) mass is 599 g/mol. The summed E-state index contributed by atoms with van der Waals surface area (Å²) in [5.41, 5.74) is 0.320. The van der Waals surface area contributed by atoms with E-state index in [1.54, 1.807) is 15.5 Å². The third-order valence-electron chi connectivity index (χ3n) is 8.37. The Bertz CT molecular complexity index is 1630. The molecule has 3 aliphatic heterocycles. The minimum Gasteiger partial charge on any atom is -0.488 e. The van der Waals surface area contributed by atoms with Gasteiger partial charge in [0.15, 0.2) is 5.75 Å². The van der Waals surface area contributed by atoms with Crippen LogP contribution in [-0.2, 0) is 9.53 Å². The fourth-order valence-corrected chi connectivity index (χ4v) is 6.58. The first-order chi connectivity index (χ1) is 20.2. The number of halogens is 3. The van der Waals surface area contributed by atoms with Crippen LogP contribution in [-0.4, -0.2) is 89.9 Å². The molecule has 0 N–H and O–H groups in total. The number of piperazine rings is 1. The molecule has 0 spiro atoms. The lowest BCUT2D eigenvalue weighted by molar-refractivity contribution is -0.128. The molecule has 0 saturated carbocycles. The average Bonchev–Trinajstić information content (AvgIpc) is 2.97. The Morgan fingerprint density at radius 2 is 1.93 bits per heavy atom. The molecule has 2 aromatic carbocycles. The van der Waals surface area contributed by atoms with Gasteiger partial charge in [0.2, 0.25) is 5.91 Å². The van der Waals surface area contributed by atoms with Gasteiger partial charge in [-0.3, -0.25) is 14.3 Å². The van der Waals surface area contributed by atoms with E-state index >= 15 is 4.39 Å². The third-order valence-corrected chi connectivity index (χ3v) is 8.67. The number of ether oxygens (including phenoxy) is 2. The Labute approximate surface area is 246 Å². The Morgan fingerprint density at radius 3 is 2.64 bits per heavy atom. The SMILES string of the molecule is C=CC(=O)N1C[C@H](C)N(c2nc(=O)n3c4c(c(-c5ccc(F)cc5F)c(Cl)cc24)OC[C@@H]3CN2CCOCC2)C[C@H]1C. The number of morpholine rings is 1. The Balaban J connectivity index is 1.54. The van der Waals surface area contributed by atoms with E-state index in [2.05, 4.69) is 16.5 Å². The molecule has 1 aromatic heterocycles. The van der Waals surface area contributed by atoms with Crippen molar-refractivity contribution < 1.29 is 23.0 Å². The summed E-state index contributed by atoms with van der Waals surface area (Å²) in [5, 5.41) is 0.763. The molecule has 42 heavy (non-hydrogen) atoms. The molecule has 0 bridgehead atoms. The van der Waals surface area contributed by atoms with Crippen molar-refractivity contribution in [3.63, 3.8) is 0 Å². The molecule has 0 unspecified atom stereocenters. The topological polar surface area (TPSA) is 80.1 Å². The first-order valence-electron chi connectivity index (χ1n) is 14.0. The van der Waals surface area contributed by atoms with Crippen molar-refractivity contribution in [1.82, 2.24) is 19.4 Å². The van der Waals surface area contributed by atoms with Gasteiger partial charge in [0.05, 0.1) is 29.8 Å². The van der Waals surface area contributed by atoms with Crippen molar-refractivity contribution in [3.05, 3.63) is 64.1 Å². The Kier molecular flexibility index (Phi) is 7.67. The van der Waals surface area contributed by atoms with Gasteiger partial charge in [-0.05, 0) is 38.1 Å². The van der Waals surface area contributed by atoms with Crippen LogP contribution in [0.4, 0.5) is 14.6 Å². The number of nitrogens with zero attached hydrogens (tertiary/aromatic N) is 5. The number of hydrogen-bond donors (Lipinski definition) is 0. The minimum atomic E-state index is -0.792. The van der Waals surface area contributed by atoms with Gasteiger partial charge in [0.25, 0.3) is 0 Å². The predicted molar refractivity (Wildman–Crippen MR) is 156 cm³/mol. The lowest BCUT2D eigenvalue weighted by Crippen LogP contribution is -2.58. The van der Waals surface area contributed by atoms with Gasteiger partial charge < -0.3 is 19.3 Å². The summed E-state index contributed by atoms with van der Waals surface area (Å²) in [4.78, 5) is 36.9. The number of anilines is 1. The van der Waals surface area contributed by atoms with Gasteiger partial charge in [-0.15, -0.1) is 0 Å². The number of benzene rings is 2. The molecule has 3 aliphatic rings. The van der Waals surface area contributed by atoms with Crippen LogP contribution in [0.2, 0.25) is 5.02 Å². The van der Waals surface area contributed by atoms with Crippen LogP contribution in [0.1, 0.15) is 19.9 Å². The van der Waals surface area contributed by atoms with Crippen LogP contribution >= 0.6 is 11.6 Å². The largest absolute Gasteiger partial charge is 0.488 e. The van der Waals surface area contributed by atoms with Crippen molar-refractivity contribution in [3.8, 4) is 16.9 Å². The molecule has 0 aliphatic carbocycles. The van der Waals surface area contributed by atoms with Crippen molar-refractivity contribution in [1.29, 1.82) is 0 Å². The van der Waals surface area contributed by atoms with Crippen LogP contribution in [0, 0.1) is 11.6 Å². The van der Waals surface area contributed by atoms with Crippen LogP contribution < -0.4 is 15.3 Å². The molecule has 9 nitrogen and oxygen atoms in total. The summed E-state index contributed by atoms with van der Waals surface area (Å²) in [7, 11) is 0. The average molecular weight is 600 g/mol. The summed E-state index contributed by atoms with van der Waals surface area (Å²) < 4.78 is 42.4. The van der Waals surface area contributed by atoms with Crippen LogP contribution in [0.5, 0.6) is 5.75 Å². The van der Waals surface area contributed by atoms with E-state index in [1.165, 1.54) is 12.1 Å². The fraction of sp³-hybridized carbons (Fsp3) is 0.433. The van der Waals surface area contributed by atoms with Gasteiger partial charge >= 0.3 is 5.69 Å². The molecule has 222 valence electrons. The number of amides is 1. The van der Waals surface area contributed by atoms with Crippen molar-refractivity contribution >= 4 is 34.2 Å². The summed E-state index contributed by atoms with van der Waals surface area (Å²) in [5.74, 6) is -0.995. The van der Waals surface area contributed by atoms with Gasteiger partial charge in [0, 0.05) is 67.4 Å². The van der Waals surface area contributed by atoms with E-state index in [4.69, 9.17) is 21.1 Å². The molecule has 2 saturated heterocycles. The second-order valence-corrected chi connectivity index (χ2v) is 11.5. The zero-order valence-electron chi connectivity index (χ0n) is 23.5. The van der Waals surface area contributed by atoms with Gasteiger partial charge in [0.1, 0.15) is 24.1 Å². The van der Waals surface area contributed by atoms with E-state index in [0.717, 1.165) is 25.2 Å². The molecule has 0 radical (unpaired) electrons. The van der Waals surface area contributed by atoms with E-state index in [-0.39, 0.29) is 52.5 Å². The maximum atomic E-state index is 15.1. The van der Waals surface area contributed by atoms with Crippen LogP contribution in [0.25, 0.3) is 22.0 Å². The molecule has 6 rings (SSSR count). The molecular formula is C30H32ClF2N5O4. The first-order valence-corrected chi connectivity index (χ1v) is 14.4. The van der Waals surface area contributed by atoms with Crippen molar-refractivity contribution in [2.24, 2.45) is 0 Å². The summed E-state index contributed by atoms with van der Waals surface area (Å²) in [6.07, 6.45) is 1.30. The summed E-state index contributed by atoms with van der Waals surface area (Å²) >= 11 is 6.84. The zero-order valence-corrected chi connectivity index (χ0v) is 24.2. The number of rotatable bonds is 5. The highest BCUT2D eigenvalue weighted by atomic mass is 35.5. The lowest BCUT2D eigenvalue weighted by atomic mass is 9.99. The fourth-order valence-electron chi connectivity index (χ4n) is 6.28. The molecular weight excluding hydrogens is 568 g/mol. The minimum absolute atomic E-state index is 0.0702. The molecule has 12 heteroatoms. The highest BCUT2D eigenvalue weighted by Crippen LogP contribution is 2.47. The summed E-state index contributed by atoms with van der Waals surface area (Å²) in [6, 6.07) is 4.24. The van der Waals surface area contributed by atoms with Gasteiger partial charge in [-0.2, -0.15) is 4.98 Å². The van der Waals surface area contributed by atoms with Crippen LogP contribution in [0.3, 0.4) is 0 Å². The third kappa shape index (κ3) is 4.93. The Morgan fingerprint density at radius 1 is 1.17 bits per heavy atom. The van der Waals surface area contributed by atoms with E-state index in [0.29, 0.717) is 49.6 Å². The first kappa shape index (κ1) is 28.6. The van der Waals surface area contributed by atoms with Crippen LogP contribution in [0.15, 0.2) is 41.7 Å². The zero-order chi connectivity index (χ0) is 29.7. The number of carbonyl (C=O) groups is 1. The Hall–Kier alpha value is -3.54. The quantitative estimate of drug-likeness (QED) is 0.412. The predicted octanol–water partition coefficient (Wildman–Crippen LogP) is 3.87. The highest BCUT2D eigenvalue weighted by Gasteiger charge is 2.36. The molecule has 2 fully saturated rings. The smallest absolute Gasteiger partial charge is 0.350 e. The van der Waals surface area contributed by atoms with E-state index in [9.17, 15) is 14.0 Å². The second kappa shape index (κ2) is 11.3. The standard InChI is InChI=1S/C30H32ClF2N5O4/c1-4-25(39)36-13-18(3)37(14-17(36)2)29-22-12-23(31)26(21-6-5-19(32)11-24(21)33)28-27(22)38(30(40)34-29)20(16-42-28)15-35-7-9-41-10-8-35/h4-6,11-12,17-18,20H,1,7-10,13-16H2,2-3H3/t17-,18+,20+/m1/s1. The normalized spacial score (nSPS) is 22.7.